The minimum atomic E-state index is -0.924. The van der Waals surface area contributed by atoms with Crippen molar-refractivity contribution in [2.24, 2.45) is 5.41 Å². The highest BCUT2D eigenvalue weighted by molar-refractivity contribution is 7.90. The van der Waals surface area contributed by atoms with Gasteiger partial charge in [0.2, 0.25) is 0 Å². The van der Waals surface area contributed by atoms with Gasteiger partial charge in [-0.15, -0.1) is 4.72 Å². The molecule has 84 valence electrons. The van der Waals surface area contributed by atoms with Crippen LogP contribution >= 0.6 is 0 Å². The van der Waals surface area contributed by atoms with Crippen molar-refractivity contribution in [1.29, 1.82) is 0 Å². The highest BCUT2D eigenvalue weighted by Gasteiger charge is 2.46. The molecule has 0 radical (unpaired) electrons. The van der Waals surface area contributed by atoms with Crippen LogP contribution in [0.15, 0.2) is 0 Å². The van der Waals surface area contributed by atoms with E-state index in [-0.39, 0.29) is 4.75 Å². The summed E-state index contributed by atoms with van der Waals surface area (Å²) in [7, 11) is 0. The van der Waals surface area contributed by atoms with Gasteiger partial charge in [-0.1, -0.05) is 13.8 Å². The van der Waals surface area contributed by atoms with Crippen LogP contribution in [-0.4, -0.2) is 15.3 Å². The van der Waals surface area contributed by atoms with Gasteiger partial charge in [0.1, 0.15) is 4.75 Å². The lowest BCUT2D eigenvalue weighted by Crippen LogP contribution is -2.47. The van der Waals surface area contributed by atoms with Crippen molar-refractivity contribution in [3.8, 4) is 0 Å². The van der Waals surface area contributed by atoms with E-state index < -0.39 is 11.4 Å². The van der Waals surface area contributed by atoms with E-state index >= 15 is 0 Å². The lowest BCUT2D eigenvalue weighted by molar-refractivity contribution is 0.385. The predicted molar refractivity (Wildman–Crippen MR) is 62.5 cm³/mol. The van der Waals surface area contributed by atoms with Crippen LogP contribution in [0, 0.1) is 5.41 Å². The van der Waals surface area contributed by atoms with Crippen LogP contribution in [0.1, 0.15) is 53.9 Å². The first-order chi connectivity index (χ1) is 6.29. The van der Waals surface area contributed by atoms with Crippen LogP contribution in [-0.2, 0) is 11.4 Å². The minimum Gasteiger partial charge on any atom is -0.598 e. The summed E-state index contributed by atoms with van der Waals surface area (Å²) in [5, 5.41) is 0. The van der Waals surface area contributed by atoms with Gasteiger partial charge in [0.05, 0.1) is 6.04 Å². The lowest BCUT2D eigenvalue weighted by atomic mass is 9.98. The van der Waals surface area contributed by atoms with Gasteiger partial charge in [-0.05, 0) is 45.4 Å². The maximum absolute atomic E-state index is 11.9. The second-order valence-electron chi connectivity index (χ2n) is 5.61. The Bertz CT molecular complexity index is 196. The molecular weight excluding hydrogens is 194 g/mol. The van der Waals surface area contributed by atoms with Crippen LogP contribution in [0.5, 0.6) is 0 Å². The molecule has 0 aromatic carbocycles. The Morgan fingerprint density at radius 3 is 2.21 bits per heavy atom. The Kier molecular flexibility index (Phi) is 3.55. The van der Waals surface area contributed by atoms with E-state index in [1.165, 1.54) is 12.8 Å². The number of hydrogen-bond donors (Lipinski definition) is 1. The lowest BCUT2D eigenvalue weighted by Gasteiger charge is -2.30. The SMILES string of the molecule is CC[C@@H](N[S@+]([O-])C(C)(C)C)C1(C)CC1. The monoisotopic (exact) mass is 217 g/mol. The molecule has 1 aliphatic carbocycles. The summed E-state index contributed by atoms with van der Waals surface area (Å²) in [6, 6.07) is 0.419. The third kappa shape index (κ3) is 2.88. The van der Waals surface area contributed by atoms with Crippen molar-refractivity contribution >= 4 is 11.4 Å². The molecule has 0 unspecified atom stereocenters. The standard InChI is InChI=1S/C11H23NOS/c1-6-9(11(5)7-8-11)12-14(13)10(2,3)4/h9,12H,6-8H2,1-5H3/t9-,14-/m1/s1. The van der Waals surface area contributed by atoms with E-state index in [4.69, 9.17) is 0 Å². The molecule has 14 heavy (non-hydrogen) atoms. The average molecular weight is 217 g/mol. The number of rotatable bonds is 4. The van der Waals surface area contributed by atoms with Gasteiger partial charge in [0.15, 0.2) is 0 Å². The van der Waals surface area contributed by atoms with Crippen LogP contribution < -0.4 is 4.72 Å². The number of hydrogen-bond acceptors (Lipinski definition) is 2. The third-order valence-electron chi connectivity index (χ3n) is 3.09. The Morgan fingerprint density at radius 1 is 1.43 bits per heavy atom. The molecule has 0 aromatic heterocycles. The second-order valence-corrected chi connectivity index (χ2v) is 7.61. The van der Waals surface area contributed by atoms with Crippen LogP contribution in [0.25, 0.3) is 0 Å². The molecule has 1 aliphatic rings. The summed E-state index contributed by atoms with van der Waals surface area (Å²) in [5.74, 6) is 0. The molecule has 1 rings (SSSR count). The predicted octanol–water partition coefficient (Wildman–Crippen LogP) is 2.62. The molecule has 0 heterocycles. The van der Waals surface area contributed by atoms with E-state index in [1.54, 1.807) is 0 Å². The first-order valence-corrected chi connectivity index (χ1v) is 6.62. The molecule has 0 aromatic rings. The van der Waals surface area contributed by atoms with Gasteiger partial charge in [0.25, 0.3) is 0 Å². The number of nitrogens with one attached hydrogen (secondary N) is 1. The Hall–Kier alpha value is 0.270. The Balaban J connectivity index is 2.49. The van der Waals surface area contributed by atoms with E-state index in [1.807, 2.05) is 20.8 Å². The topological polar surface area (TPSA) is 35.1 Å². The normalized spacial score (nSPS) is 24.4. The fourth-order valence-electron chi connectivity index (χ4n) is 1.57. The first kappa shape index (κ1) is 12.3. The van der Waals surface area contributed by atoms with Crippen molar-refractivity contribution in [2.45, 2.75) is 64.7 Å². The molecule has 3 heteroatoms. The summed E-state index contributed by atoms with van der Waals surface area (Å²) in [5.41, 5.74) is 0.412. The van der Waals surface area contributed by atoms with Gasteiger partial charge in [0, 0.05) is 11.4 Å². The molecule has 0 amide bonds. The summed E-state index contributed by atoms with van der Waals surface area (Å²) in [6.45, 7) is 10.5. The molecule has 1 N–H and O–H groups in total. The maximum Gasteiger partial charge on any atom is 0.136 e. The zero-order chi connectivity index (χ0) is 11.0. The van der Waals surface area contributed by atoms with E-state index in [0.29, 0.717) is 11.5 Å². The van der Waals surface area contributed by atoms with Gasteiger partial charge in [-0.25, -0.2) is 0 Å². The molecule has 0 spiro atoms. The van der Waals surface area contributed by atoms with E-state index in [0.717, 1.165) is 6.42 Å². The zero-order valence-electron chi connectivity index (χ0n) is 10.0. The van der Waals surface area contributed by atoms with Gasteiger partial charge in [-0.3, -0.25) is 0 Å². The second kappa shape index (κ2) is 4.03. The molecular formula is C11H23NOS. The molecule has 2 nitrogen and oxygen atoms in total. The Labute approximate surface area is 91.2 Å². The van der Waals surface area contributed by atoms with Gasteiger partial charge in [-0.2, -0.15) is 0 Å². The molecule has 1 fully saturated rings. The fraction of sp³-hybridized carbons (Fsp3) is 1.00. The van der Waals surface area contributed by atoms with Crippen LogP contribution in [0.4, 0.5) is 0 Å². The molecule has 1 saturated carbocycles. The van der Waals surface area contributed by atoms with Crippen molar-refractivity contribution < 1.29 is 4.55 Å². The summed E-state index contributed by atoms with van der Waals surface area (Å²) in [6.07, 6.45) is 3.62. The maximum atomic E-state index is 11.9. The summed E-state index contributed by atoms with van der Waals surface area (Å²) in [4.78, 5) is 0. The Morgan fingerprint density at radius 2 is 1.93 bits per heavy atom. The van der Waals surface area contributed by atoms with Gasteiger partial charge >= 0.3 is 0 Å². The van der Waals surface area contributed by atoms with E-state index in [9.17, 15) is 4.55 Å². The highest BCUT2D eigenvalue weighted by Crippen LogP contribution is 2.49. The van der Waals surface area contributed by atoms with Crippen LogP contribution in [0.2, 0.25) is 0 Å². The first-order valence-electron chi connectivity index (χ1n) is 5.47. The summed E-state index contributed by atoms with van der Waals surface area (Å²) < 4.78 is 15.0. The highest BCUT2D eigenvalue weighted by atomic mass is 32.2. The van der Waals surface area contributed by atoms with Gasteiger partial charge < -0.3 is 4.55 Å². The molecule has 0 bridgehead atoms. The third-order valence-corrected chi connectivity index (χ3v) is 4.70. The smallest absolute Gasteiger partial charge is 0.136 e. The quantitative estimate of drug-likeness (QED) is 0.735. The minimum absolute atomic E-state index is 0.154. The summed E-state index contributed by atoms with van der Waals surface area (Å²) >= 11 is -0.924. The molecule has 0 saturated heterocycles. The van der Waals surface area contributed by atoms with Crippen molar-refractivity contribution in [3.63, 3.8) is 0 Å². The molecule has 2 atom stereocenters. The van der Waals surface area contributed by atoms with Crippen LogP contribution in [0.3, 0.4) is 0 Å². The van der Waals surface area contributed by atoms with Crippen molar-refractivity contribution in [2.75, 3.05) is 0 Å². The molecule has 0 aliphatic heterocycles. The van der Waals surface area contributed by atoms with E-state index in [2.05, 4.69) is 18.6 Å². The average Bonchev–Trinajstić information content (AvgIpc) is 2.78. The fourth-order valence-corrected chi connectivity index (χ4v) is 2.63. The van der Waals surface area contributed by atoms with Crippen molar-refractivity contribution in [1.82, 2.24) is 4.72 Å². The zero-order valence-corrected chi connectivity index (χ0v) is 10.8. The van der Waals surface area contributed by atoms with Crippen molar-refractivity contribution in [3.05, 3.63) is 0 Å². The largest absolute Gasteiger partial charge is 0.598 e.